The summed E-state index contributed by atoms with van der Waals surface area (Å²) in [5, 5.41) is 3.30. The summed E-state index contributed by atoms with van der Waals surface area (Å²) in [4.78, 5) is 19.1. The van der Waals surface area contributed by atoms with Crippen molar-refractivity contribution >= 4 is 5.91 Å². The highest BCUT2D eigenvalue weighted by Gasteiger charge is 2.46. The standard InChI is InChI=1S/C20H25N3O2/c1-2-16-5-6-17(25-16)14-23-10-7-20(8-11-23)12-18(19(24)22-20)15-4-3-9-21-13-15/h3-6,9,13,18H,2,7-8,10-12,14H2,1H3,(H,22,24)/t18-/m1/s1. The van der Waals surface area contributed by atoms with Crippen LogP contribution in [-0.2, 0) is 17.8 Å². The molecule has 2 saturated heterocycles. The topological polar surface area (TPSA) is 58.4 Å². The van der Waals surface area contributed by atoms with Gasteiger partial charge < -0.3 is 9.73 Å². The average molecular weight is 339 g/mol. The van der Waals surface area contributed by atoms with Crippen LogP contribution in [0.25, 0.3) is 0 Å². The molecule has 0 bridgehead atoms. The van der Waals surface area contributed by atoms with Crippen LogP contribution in [-0.4, -0.2) is 34.4 Å². The molecule has 5 nitrogen and oxygen atoms in total. The average Bonchev–Trinajstić information content (AvgIpc) is 3.22. The Kier molecular flexibility index (Phi) is 4.34. The molecule has 132 valence electrons. The molecule has 0 saturated carbocycles. The first kappa shape index (κ1) is 16.3. The fraction of sp³-hybridized carbons (Fsp3) is 0.500. The van der Waals surface area contributed by atoms with Gasteiger partial charge in [-0.15, -0.1) is 0 Å². The highest BCUT2D eigenvalue weighted by atomic mass is 16.3. The molecule has 4 heterocycles. The third-order valence-electron chi connectivity index (χ3n) is 5.64. The summed E-state index contributed by atoms with van der Waals surface area (Å²) in [6.07, 6.45) is 7.38. The van der Waals surface area contributed by atoms with Gasteiger partial charge in [-0.1, -0.05) is 13.0 Å². The molecule has 0 aromatic carbocycles. The van der Waals surface area contributed by atoms with E-state index in [1.807, 2.05) is 18.3 Å². The summed E-state index contributed by atoms with van der Waals surface area (Å²) >= 11 is 0. The number of furan rings is 1. The molecule has 5 heteroatoms. The Balaban J connectivity index is 1.37. The van der Waals surface area contributed by atoms with Crippen molar-refractivity contribution < 1.29 is 9.21 Å². The van der Waals surface area contributed by atoms with E-state index in [1.54, 1.807) is 6.20 Å². The first-order valence-electron chi connectivity index (χ1n) is 9.19. The molecule has 0 radical (unpaired) electrons. The Morgan fingerprint density at radius 1 is 1.28 bits per heavy atom. The molecule has 1 amide bonds. The second kappa shape index (κ2) is 6.64. The zero-order valence-corrected chi connectivity index (χ0v) is 14.7. The molecule has 1 N–H and O–H groups in total. The highest BCUT2D eigenvalue weighted by molar-refractivity contribution is 5.87. The molecule has 2 aromatic heterocycles. The third kappa shape index (κ3) is 3.33. The number of hydrogen-bond acceptors (Lipinski definition) is 4. The van der Waals surface area contributed by atoms with Gasteiger partial charge in [0.05, 0.1) is 12.5 Å². The summed E-state index contributed by atoms with van der Waals surface area (Å²) in [6, 6.07) is 8.06. The molecule has 0 aliphatic carbocycles. The van der Waals surface area contributed by atoms with Gasteiger partial charge in [-0.05, 0) is 43.0 Å². The summed E-state index contributed by atoms with van der Waals surface area (Å²) in [5.41, 5.74) is 0.980. The van der Waals surface area contributed by atoms with E-state index in [9.17, 15) is 4.79 Å². The van der Waals surface area contributed by atoms with E-state index < -0.39 is 0 Å². The Morgan fingerprint density at radius 2 is 2.08 bits per heavy atom. The number of aryl methyl sites for hydroxylation is 1. The van der Waals surface area contributed by atoms with Crippen molar-refractivity contribution in [1.82, 2.24) is 15.2 Å². The molecule has 0 unspecified atom stereocenters. The van der Waals surface area contributed by atoms with E-state index >= 15 is 0 Å². The lowest BCUT2D eigenvalue weighted by Gasteiger charge is -2.39. The minimum Gasteiger partial charge on any atom is -0.465 e. The van der Waals surface area contributed by atoms with Gasteiger partial charge in [-0.3, -0.25) is 14.7 Å². The number of pyridine rings is 1. The van der Waals surface area contributed by atoms with E-state index in [-0.39, 0.29) is 17.4 Å². The molecule has 2 fully saturated rings. The predicted molar refractivity (Wildman–Crippen MR) is 95.1 cm³/mol. The number of likely N-dealkylation sites (tertiary alicyclic amines) is 1. The highest BCUT2D eigenvalue weighted by Crippen LogP contribution is 2.39. The second-order valence-electron chi connectivity index (χ2n) is 7.31. The van der Waals surface area contributed by atoms with Crippen LogP contribution in [0.5, 0.6) is 0 Å². The number of nitrogens with one attached hydrogen (secondary N) is 1. The van der Waals surface area contributed by atoms with E-state index in [0.29, 0.717) is 0 Å². The third-order valence-corrected chi connectivity index (χ3v) is 5.64. The molecule has 2 aromatic rings. The molecule has 2 aliphatic heterocycles. The molecule has 1 atom stereocenters. The lowest BCUT2D eigenvalue weighted by molar-refractivity contribution is -0.121. The van der Waals surface area contributed by atoms with Gasteiger partial charge in [0.15, 0.2) is 0 Å². The van der Waals surface area contributed by atoms with Crippen molar-refractivity contribution in [2.45, 2.75) is 50.6 Å². The van der Waals surface area contributed by atoms with E-state index in [0.717, 1.165) is 62.4 Å². The number of hydrogen-bond donors (Lipinski definition) is 1. The van der Waals surface area contributed by atoms with Crippen molar-refractivity contribution in [3.8, 4) is 0 Å². The van der Waals surface area contributed by atoms with Crippen molar-refractivity contribution in [3.05, 3.63) is 53.7 Å². The summed E-state index contributed by atoms with van der Waals surface area (Å²) < 4.78 is 5.83. The molecule has 4 rings (SSSR count). The van der Waals surface area contributed by atoms with Gasteiger partial charge >= 0.3 is 0 Å². The largest absolute Gasteiger partial charge is 0.465 e. The maximum atomic E-state index is 12.5. The van der Waals surface area contributed by atoms with Crippen LogP contribution in [0.15, 0.2) is 41.1 Å². The normalized spacial score (nSPS) is 23.1. The lowest BCUT2D eigenvalue weighted by Crippen LogP contribution is -2.50. The maximum Gasteiger partial charge on any atom is 0.228 e. The predicted octanol–water partition coefficient (Wildman–Crippen LogP) is 2.88. The van der Waals surface area contributed by atoms with Crippen LogP contribution in [0.4, 0.5) is 0 Å². The fourth-order valence-electron chi connectivity index (χ4n) is 4.12. The Bertz CT molecular complexity index is 732. The zero-order chi connectivity index (χ0) is 17.3. The number of amides is 1. The zero-order valence-electron chi connectivity index (χ0n) is 14.7. The maximum absolute atomic E-state index is 12.5. The van der Waals surface area contributed by atoms with Gasteiger partial charge in [-0.25, -0.2) is 0 Å². The smallest absolute Gasteiger partial charge is 0.228 e. The van der Waals surface area contributed by atoms with Gasteiger partial charge in [0.1, 0.15) is 11.5 Å². The molecule has 25 heavy (non-hydrogen) atoms. The molecule has 1 spiro atoms. The minimum absolute atomic E-state index is 0.0498. The number of piperidine rings is 1. The summed E-state index contributed by atoms with van der Waals surface area (Å²) in [5.74, 6) is 2.18. The van der Waals surface area contributed by atoms with Crippen LogP contribution in [0.2, 0.25) is 0 Å². The number of rotatable bonds is 4. The SMILES string of the molecule is CCc1ccc(CN2CCC3(CC2)C[C@H](c2cccnc2)C(=O)N3)o1. The number of nitrogens with zero attached hydrogens (tertiary/aromatic N) is 2. The van der Waals surface area contributed by atoms with Crippen LogP contribution in [0, 0.1) is 0 Å². The molecular formula is C20H25N3O2. The van der Waals surface area contributed by atoms with Crippen LogP contribution >= 0.6 is 0 Å². The summed E-state index contributed by atoms with van der Waals surface area (Å²) in [7, 11) is 0. The summed E-state index contributed by atoms with van der Waals surface area (Å²) in [6.45, 7) is 4.94. The monoisotopic (exact) mass is 339 g/mol. The van der Waals surface area contributed by atoms with Crippen LogP contribution in [0.3, 0.4) is 0 Å². The first-order valence-corrected chi connectivity index (χ1v) is 9.19. The van der Waals surface area contributed by atoms with E-state index in [4.69, 9.17) is 4.42 Å². The second-order valence-corrected chi connectivity index (χ2v) is 7.31. The Labute approximate surface area is 148 Å². The van der Waals surface area contributed by atoms with Gasteiger partial charge in [-0.2, -0.15) is 0 Å². The van der Waals surface area contributed by atoms with Crippen molar-refractivity contribution in [3.63, 3.8) is 0 Å². The molecular weight excluding hydrogens is 314 g/mol. The number of carbonyl (C=O) groups is 1. The van der Waals surface area contributed by atoms with Gasteiger partial charge in [0.25, 0.3) is 0 Å². The fourth-order valence-corrected chi connectivity index (χ4v) is 4.12. The minimum atomic E-state index is -0.0579. The van der Waals surface area contributed by atoms with Crippen molar-refractivity contribution in [2.75, 3.05) is 13.1 Å². The van der Waals surface area contributed by atoms with Crippen molar-refractivity contribution in [1.29, 1.82) is 0 Å². The first-order chi connectivity index (χ1) is 12.2. The number of carbonyl (C=O) groups excluding carboxylic acids is 1. The van der Waals surface area contributed by atoms with Crippen LogP contribution < -0.4 is 5.32 Å². The van der Waals surface area contributed by atoms with Crippen LogP contribution in [0.1, 0.15) is 49.2 Å². The number of aromatic nitrogens is 1. The molecule has 2 aliphatic rings. The lowest BCUT2D eigenvalue weighted by atomic mass is 9.82. The quantitative estimate of drug-likeness (QED) is 0.930. The van der Waals surface area contributed by atoms with Gasteiger partial charge in [0.2, 0.25) is 5.91 Å². The Hall–Kier alpha value is -2.14. The van der Waals surface area contributed by atoms with Crippen molar-refractivity contribution in [2.24, 2.45) is 0 Å². The van der Waals surface area contributed by atoms with E-state index in [1.165, 1.54) is 0 Å². The van der Waals surface area contributed by atoms with Gasteiger partial charge in [0, 0.05) is 37.4 Å². The Morgan fingerprint density at radius 3 is 2.76 bits per heavy atom. The van der Waals surface area contributed by atoms with E-state index in [2.05, 4.69) is 34.3 Å².